The van der Waals surface area contributed by atoms with Crippen LogP contribution in [0, 0.1) is 0 Å². The number of carbonyl (C=O) groups is 1. The van der Waals surface area contributed by atoms with E-state index < -0.39 is 5.92 Å². The second kappa shape index (κ2) is 16.3. The standard InChI is InChI=1S/C35H50N2O2/c1-6-7-8-9-10-11-12-13-14-18-22-29-25-32(39-37-29)33(28-20-16-15-17-21-28)35(38)36-34-30(26(2)3)23-19-24-31(34)27(4)5/h15-17,19-21,23-27,33H,6-14,18,22H2,1-5H3,(H,36,38)/t33-/m0/s1. The molecule has 0 bridgehead atoms. The number of hydrogen-bond donors (Lipinski definition) is 1. The van der Waals surface area contributed by atoms with E-state index in [9.17, 15) is 4.79 Å². The molecule has 0 saturated heterocycles. The van der Waals surface area contributed by atoms with Crippen molar-refractivity contribution in [2.75, 3.05) is 5.32 Å². The molecule has 4 nitrogen and oxygen atoms in total. The van der Waals surface area contributed by atoms with Crippen molar-refractivity contribution in [1.29, 1.82) is 0 Å². The van der Waals surface area contributed by atoms with Crippen LogP contribution in [0.2, 0.25) is 0 Å². The van der Waals surface area contributed by atoms with Gasteiger partial charge in [-0.3, -0.25) is 4.79 Å². The van der Waals surface area contributed by atoms with Crippen molar-refractivity contribution in [2.24, 2.45) is 0 Å². The van der Waals surface area contributed by atoms with Crippen LogP contribution < -0.4 is 5.32 Å². The molecule has 0 unspecified atom stereocenters. The Morgan fingerprint density at radius 1 is 0.769 bits per heavy atom. The van der Waals surface area contributed by atoms with E-state index in [2.05, 4.69) is 63.3 Å². The Morgan fingerprint density at radius 3 is 1.90 bits per heavy atom. The van der Waals surface area contributed by atoms with Crippen molar-refractivity contribution in [3.63, 3.8) is 0 Å². The van der Waals surface area contributed by atoms with Crippen molar-refractivity contribution >= 4 is 11.6 Å². The van der Waals surface area contributed by atoms with Crippen molar-refractivity contribution in [2.45, 2.75) is 123 Å². The van der Waals surface area contributed by atoms with Crippen LogP contribution in [0.5, 0.6) is 0 Å². The van der Waals surface area contributed by atoms with Crippen LogP contribution >= 0.6 is 0 Å². The van der Waals surface area contributed by atoms with Crippen LogP contribution in [0.25, 0.3) is 0 Å². The first-order valence-corrected chi connectivity index (χ1v) is 15.4. The molecule has 1 N–H and O–H groups in total. The summed E-state index contributed by atoms with van der Waals surface area (Å²) in [6, 6.07) is 18.2. The van der Waals surface area contributed by atoms with E-state index in [1.807, 2.05) is 36.4 Å². The monoisotopic (exact) mass is 530 g/mol. The van der Waals surface area contributed by atoms with Crippen LogP contribution in [0.3, 0.4) is 0 Å². The Hall–Kier alpha value is -2.88. The predicted molar refractivity (Wildman–Crippen MR) is 164 cm³/mol. The molecule has 1 aromatic heterocycles. The topological polar surface area (TPSA) is 55.1 Å². The Morgan fingerprint density at radius 2 is 1.33 bits per heavy atom. The summed E-state index contributed by atoms with van der Waals surface area (Å²) in [6.45, 7) is 10.9. The highest BCUT2D eigenvalue weighted by molar-refractivity contribution is 5.99. The highest BCUT2D eigenvalue weighted by Crippen LogP contribution is 2.35. The molecule has 4 heteroatoms. The maximum absolute atomic E-state index is 13.9. The predicted octanol–water partition coefficient (Wildman–Crippen LogP) is 10.2. The zero-order chi connectivity index (χ0) is 28.0. The van der Waals surface area contributed by atoms with E-state index >= 15 is 0 Å². The molecule has 212 valence electrons. The van der Waals surface area contributed by atoms with Gasteiger partial charge in [0.1, 0.15) is 5.92 Å². The number of para-hydroxylation sites is 1. The second-order valence-electron chi connectivity index (χ2n) is 11.6. The third-order valence-corrected chi connectivity index (χ3v) is 7.66. The molecule has 0 aliphatic carbocycles. The summed E-state index contributed by atoms with van der Waals surface area (Å²) in [5, 5.41) is 7.67. The molecule has 0 aliphatic heterocycles. The number of nitrogens with zero attached hydrogens (tertiary/aromatic N) is 1. The smallest absolute Gasteiger partial charge is 0.239 e. The van der Waals surface area contributed by atoms with Gasteiger partial charge in [0.25, 0.3) is 0 Å². The lowest BCUT2D eigenvalue weighted by Gasteiger charge is -2.22. The van der Waals surface area contributed by atoms with Gasteiger partial charge in [-0.25, -0.2) is 0 Å². The first-order chi connectivity index (χ1) is 18.9. The van der Waals surface area contributed by atoms with Gasteiger partial charge in [0.05, 0.1) is 5.69 Å². The maximum atomic E-state index is 13.9. The fourth-order valence-electron chi connectivity index (χ4n) is 5.36. The summed E-state index contributed by atoms with van der Waals surface area (Å²) < 4.78 is 5.83. The normalized spacial score (nSPS) is 12.3. The van der Waals surface area contributed by atoms with E-state index in [-0.39, 0.29) is 5.91 Å². The zero-order valence-corrected chi connectivity index (χ0v) is 25.0. The average Bonchev–Trinajstić information content (AvgIpc) is 3.38. The maximum Gasteiger partial charge on any atom is 0.239 e. The lowest BCUT2D eigenvalue weighted by Crippen LogP contribution is -2.23. The van der Waals surface area contributed by atoms with Gasteiger partial charge in [-0.05, 0) is 41.4 Å². The zero-order valence-electron chi connectivity index (χ0n) is 25.0. The number of amides is 1. The number of hydrogen-bond acceptors (Lipinski definition) is 3. The van der Waals surface area contributed by atoms with Crippen LogP contribution in [0.1, 0.15) is 145 Å². The lowest BCUT2D eigenvalue weighted by atomic mass is 9.91. The van der Waals surface area contributed by atoms with E-state index in [1.54, 1.807) is 0 Å². The quantitative estimate of drug-likeness (QED) is 0.177. The van der Waals surface area contributed by atoms with Gasteiger partial charge in [-0.15, -0.1) is 0 Å². The summed E-state index contributed by atoms with van der Waals surface area (Å²) in [5.74, 6) is 0.561. The van der Waals surface area contributed by atoms with E-state index in [1.165, 1.54) is 57.8 Å². The fraction of sp³-hybridized carbons (Fsp3) is 0.543. The number of nitrogens with one attached hydrogen (secondary N) is 1. The Bertz CT molecular complexity index is 1090. The number of unbranched alkanes of at least 4 members (excludes halogenated alkanes) is 9. The van der Waals surface area contributed by atoms with Crippen LogP contribution in [-0.2, 0) is 11.2 Å². The molecule has 0 fully saturated rings. The van der Waals surface area contributed by atoms with Crippen LogP contribution in [-0.4, -0.2) is 11.1 Å². The highest BCUT2D eigenvalue weighted by Gasteiger charge is 2.29. The molecule has 0 spiro atoms. The van der Waals surface area contributed by atoms with E-state index in [0.717, 1.165) is 40.9 Å². The van der Waals surface area contributed by atoms with Gasteiger partial charge in [0, 0.05) is 11.8 Å². The molecular formula is C35H50N2O2. The molecule has 1 atom stereocenters. The third-order valence-electron chi connectivity index (χ3n) is 7.66. The van der Waals surface area contributed by atoms with Gasteiger partial charge in [0.2, 0.25) is 5.91 Å². The molecule has 1 amide bonds. The van der Waals surface area contributed by atoms with Gasteiger partial charge < -0.3 is 9.84 Å². The number of rotatable bonds is 17. The summed E-state index contributed by atoms with van der Waals surface area (Å²) >= 11 is 0. The molecule has 3 rings (SSSR count). The Labute approximate surface area is 237 Å². The number of aryl methyl sites for hydroxylation is 1. The number of aromatic nitrogens is 1. The molecule has 0 saturated carbocycles. The minimum atomic E-state index is -0.555. The van der Waals surface area contributed by atoms with Gasteiger partial charge in [-0.2, -0.15) is 0 Å². The van der Waals surface area contributed by atoms with Crippen molar-refractivity contribution in [3.05, 3.63) is 82.7 Å². The van der Waals surface area contributed by atoms with Crippen molar-refractivity contribution in [3.8, 4) is 0 Å². The van der Waals surface area contributed by atoms with Crippen molar-refractivity contribution in [1.82, 2.24) is 5.16 Å². The summed E-state index contributed by atoms with van der Waals surface area (Å²) in [4.78, 5) is 13.9. The number of carbonyl (C=O) groups excluding carboxylic acids is 1. The van der Waals surface area contributed by atoms with Crippen molar-refractivity contribution < 1.29 is 9.32 Å². The van der Waals surface area contributed by atoms with Crippen LogP contribution in [0.15, 0.2) is 59.1 Å². The number of anilines is 1. The summed E-state index contributed by atoms with van der Waals surface area (Å²) in [7, 11) is 0. The highest BCUT2D eigenvalue weighted by atomic mass is 16.5. The van der Waals surface area contributed by atoms with Crippen LogP contribution in [0.4, 0.5) is 5.69 Å². The SMILES string of the molecule is CCCCCCCCCCCCc1cc([C@@H](C(=O)Nc2c(C(C)C)cccc2C(C)C)c2ccccc2)on1. The van der Waals surface area contributed by atoms with E-state index in [0.29, 0.717) is 17.6 Å². The fourth-order valence-corrected chi connectivity index (χ4v) is 5.36. The minimum Gasteiger partial charge on any atom is -0.360 e. The molecule has 1 heterocycles. The minimum absolute atomic E-state index is 0.0853. The summed E-state index contributed by atoms with van der Waals surface area (Å²) in [6.07, 6.45) is 14.0. The Kier molecular flexibility index (Phi) is 12.8. The Balaban J connectivity index is 1.66. The average molecular weight is 531 g/mol. The van der Waals surface area contributed by atoms with Gasteiger partial charge in [-0.1, -0.05) is 146 Å². The molecule has 0 radical (unpaired) electrons. The lowest BCUT2D eigenvalue weighted by molar-refractivity contribution is -0.117. The van der Waals surface area contributed by atoms with E-state index in [4.69, 9.17) is 4.52 Å². The second-order valence-corrected chi connectivity index (χ2v) is 11.6. The largest absolute Gasteiger partial charge is 0.360 e. The van der Waals surface area contributed by atoms with Gasteiger partial charge in [0.15, 0.2) is 5.76 Å². The van der Waals surface area contributed by atoms with Gasteiger partial charge >= 0.3 is 0 Å². The molecule has 39 heavy (non-hydrogen) atoms. The molecule has 0 aliphatic rings. The molecule has 3 aromatic rings. The first kappa shape index (κ1) is 30.7. The molecular weight excluding hydrogens is 480 g/mol. The first-order valence-electron chi connectivity index (χ1n) is 15.4. The third kappa shape index (κ3) is 9.37. The summed E-state index contributed by atoms with van der Waals surface area (Å²) in [5.41, 5.74) is 5.08. The number of benzene rings is 2. The molecule has 2 aromatic carbocycles.